The molecule has 1 fully saturated rings. The predicted octanol–water partition coefficient (Wildman–Crippen LogP) is 4.09. The minimum Gasteiger partial charge on any atom is -0.465 e. The van der Waals surface area contributed by atoms with E-state index in [0.29, 0.717) is 41.1 Å². The third-order valence-corrected chi connectivity index (χ3v) is 5.33. The van der Waals surface area contributed by atoms with Gasteiger partial charge in [-0.1, -0.05) is 29.3 Å². The van der Waals surface area contributed by atoms with Crippen LogP contribution in [0.5, 0.6) is 0 Å². The summed E-state index contributed by atoms with van der Waals surface area (Å²) < 4.78 is 7.29. The van der Waals surface area contributed by atoms with Crippen LogP contribution in [-0.2, 0) is 4.74 Å². The summed E-state index contributed by atoms with van der Waals surface area (Å²) in [6.07, 6.45) is 0.445. The summed E-state index contributed by atoms with van der Waals surface area (Å²) in [5.41, 5.74) is 3.26. The second kappa shape index (κ2) is 6.99. The molecule has 1 aromatic carbocycles. The van der Waals surface area contributed by atoms with Gasteiger partial charge in [-0.15, -0.1) is 0 Å². The fourth-order valence-corrected chi connectivity index (χ4v) is 3.93. The molecule has 0 spiro atoms. The highest BCUT2D eigenvalue weighted by atomic mass is 35.5. The molecule has 3 heterocycles. The van der Waals surface area contributed by atoms with Gasteiger partial charge in [0.2, 0.25) is 0 Å². The largest absolute Gasteiger partial charge is 0.465 e. The molecule has 7 nitrogen and oxygen atoms in total. The van der Waals surface area contributed by atoms with E-state index in [1.165, 1.54) is 11.2 Å². The summed E-state index contributed by atoms with van der Waals surface area (Å²) in [7, 11) is 0. The summed E-state index contributed by atoms with van der Waals surface area (Å²) in [6.45, 7) is 3.04. The quantitative estimate of drug-likeness (QED) is 0.648. The van der Waals surface area contributed by atoms with Crippen LogP contribution in [-0.4, -0.2) is 50.4 Å². The second-order valence-electron chi connectivity index (χ2n) is 6.31. The summed E-state index contributed by atoms with van der Waals surface area (Å²) in [5.74, 6) is 0. The number of ether oxygens (including phenoxy) is 1. The van der Waals surface area contributed by atoms with Gasteiger partial charge in [-0.25, -0.2) is 14.8 Å². The lowest BCUT2D eigenvalue weighted by Crippen LogP contribution is -2.42. The third kappa shape index (κ3) is 3.12. The van der Waals surface area contributed by atoms with Crippen LogP contribution in [0.3, 0.4) is 0 Å². The number of aryl methyl sites for hydroxylation is 1. The van der Waals surface area contributed by atoms with Crippen molar-refractivity contribution in [2.45, 2.75) is 13.0 Å². The maximum absolute atomic E-state index is 11.5. The highest BCUT2D eigenvalue weighted by molar-refractivity contribution is 6.36. The van der Waals surface area contributed by atoms with Crippen LogP contribution in [0.1, 0.15) is 17.2 Å². The van der Waals surface area contributed by atoms with Crippen LogP contribution >= 0.6 is 23.2 Å². The van der Waals surface area contributed by atoms with Gasteiger partial charge in [-0.3, -0.25) is 9.47 Å². The minimum atomic E-state index is -0.947. The number of hydrogen-bond acceptors (Lipinski definition) is 4. The molecule has 3 aromatic rings. The maximum atomic E-state index is 11.5. The molecule has 0 bridgehead atoms. The van der Waals surface area contributed by atoms with Crippen molar-refractivity contribution in [2.24, 2.45) is 0 Å². The first-order valence-corrected chi connectivity index (χ1v) is 9.08. The molecule has 140 valence electrons. The molecular weight excluding hydrogens is 391 g/mol. The van der Waals surface area contributed by atoms with Crippen molar-refractivity contribution in [1.82, 2.24) is 19.4 Å². The van der Waals surface area contributed by atoms with Crippen molar-refractivity contribution in [1.29, 1.82) is 0 Å². The van der Waals surface area contributed by atoms with Gasteiger partial charge in [0, 0.05) is 12.2 Å². The smallest absolute Gasteiger partial charge is 0.407 e. The van der Waals surface area contributed by atoms with Gasteiger partial charge in [0.1, 0.15) is 16.6 Å². The Kier molecular flexibility index (Phi) is 4.67. The Hall–Kier alpha value is -2.35. The number of aromatic nitrogens is 3. The molecule has 1 atom stereocenters. The number of benzene rings is 1. The first-order chi connectivity index (χ1) is 13.0. The first kappa shape index (κ1) is 18.0. The second-order valence-corrected chi connectivity index (χ2v) is 7.06. The average Bonchev–Trinajstić information content (AvgIpc) is 2.99. The first-order valence-electron chi connectivity index (χ1n) is 8.33. The van der Waals surface area contributed by atoms with Gasteiger partial charge in [-0.05, 0) is 36.2 Å². The molecule has 2 aromatic heterocycles. The van der Waals surface area contributed by atoms with Gasteiger partial charge in [0.15, 0.2) is 5.65 Å². The van der Waals surface area contributed by atoms with Gasteiger partial charge >= 0.3 is 6.09 Å². The van der Waals surface area contributed by atoms with E-state index in [0.717, 1.165) is 16.8 Å². The number of hydrogen-bond donors (Lipinski definition) is 1. The molecule has 9 heteroatoms. The van der Waals surface area contributed by atoms with Crippen molar-refractivity contribution in [3.63, 3.8) is 0 Å². The molecule has 1 aliphatic heterocycles. The van der Waals surface area contributed by atoms with Crippen molar-refractivity contribution in [2.75, 3.05) is 19.8 Å². The lowest BCUT2D eigenvalue weighted by Gasteiger charge is -2.34. The number of rotatable bonds is 2. The number of morpholine rings is 1. The van der Waals surface area contributed by atoms with E-state index < -0.39 is 6.09 Å². The van der Waals surface area contributed by atoms with Gasteiger partial charge < -0.3 is 9.84 Å². The molecule has 0 unspecified atom stereocenters. The molecule has 0 aliphatic carbocycles. The molecule has 1 aliphatic rings. The molecule has 1 amide bonds. The Bertz CT molecular complexity index is 1040. The zero-order valence-corrected chi connectivity index (χ0v) is 15.9. The summed E-state index contributed by atoms with van der Waals surface area (Å²) in [5, 5.41) is 10.9. The molecule has 0 radical (unpaired) electrons. The minimum absolute atomic E-state index is 0.334. The van der Waals surface area contributed by atoms with Crippen LogP contribution in [0, 0.1) is 6.92 Å². The Morgan fingerprint density at radius 2 is 2.11 bits per heavy atom. The normalized spacial score (nSPS) is 17.4. The number of carbonyl (C=O) groups is 1. The van der Waals surface area contributed by atoms with Gasteiger partial charge in [0.05, 0.1) is 24.6 Å². The SMILES string of the molecule is Cc1cc(-n2c(Cl)cc3c(Cl)ncnc32)ccc1[C@H]1COCCN1C(=O)O. The van der Waals surface area contributed by atoms with E-state index in [1.54, 1.807) is 10.6 Å². The van der Waals surface area contributed by atoms with Crippen molar-refractivity contribution in [3.05, 3.63) is 52.0 Å². The Balaban J connectivity index is 1.78. The summed E-state index contributed by atoms with van der Waals surface area (Å²) in [6, 6.07) is 7.14. The van der Waals surface area contributed by atoms with E-state index in [2.05, 4.69) is 9.97 Å². The third-order valence-electron chi connectivity index (χ3n) is 4.75. The van der Waals surface area contributed by atoms with Crippen LogP contribution < -0.4 is 0 Å². The van der Waals surface area contributed by atoms with Crippen LogP contribution in [0.15, 0.2) is 30.6 Å². The Labute approximate surface area is 165 Å². The van der Waals surface area contributed by atoms with Gasteiger partial charge in [-0.2, -0.15) is 0 Å². The molecule has 0 saturated carbocycles. The van der Waals surface area contributed by atoms with Crippen molar-refractivity contribution >= 4 is 40.3 Å². The lowest BCUT2D eigenvalue weighted by molar-refractivity contribution is -0.00108. The lowest BCUT2D eigenvalue weighted by atomic mass is 9.99. The number of carboxylic acid groups (broad SMARTS) is 1. The van der Waals surface area contributed by atoms with E-state index in [1.807, 2.05) is 25.1 Å². The van der Waals surface area contributed by atoms with Crippen LogP contribution in [0.25, 0.3) is 16.7 Å². The molecule has 1 saturated heterocycles. The average molecular weight is 407 g/mol. The van der Waals surface area contributed by atoms with E-state index in [-0.39, 0.29) is 6.04 Å². The van der Waals surface area contributed by atoms with E-state index >= 15 is 0 Å². The number of nitrogens with zero attached hydrogens (tertiary/aromatic N) is 4. The molecule has 27 heavy (non-hydrogen) atoms. The van der Waals surface area contributed by atoms with E-state index in [9.17, 15) is 9.90 Å². The molecule has 4 rings (SSSR count). The molecule has 1 N–H and O–H groups in total. The number of halogens is 2. The predicted molar refractivity (Wildman–Crippen MR) is 102 cm³/mol. The van der Waals surface area contributed by atoms with E-state index in [4.69, 9.17) is 27.9 Å². The number of fused-ring (bicyclic) bond motifs is 1. The van der Waals surface area contributed by atoms with Crippen molar-refractivity contribution in [3.8, 4) is 5.69 Å². The highest BCUT2D eigenvalue weighted by Gasteiger charge is 2.29. The fourth-order valence-electron chi connectivity index (χ4n) is 3.46. The standard InChI is InChI=1S/C18H16Cl2N4O3/c1-10-6-11(24-15(19)7-13-16(20)21-9-22-17(13)24)2-3-12(10)14-8-27-5-4-23(14)18(25)26/h2-3,6-7,9,14H,4-5,8H2,1H3,(H,25,26)/t14-/m1/s1. The Morgan fingerprint density at radius 3 is 2.85 bits per heavy atom. The van der Waals surface area contributed by atoms with Crippen LogP contribution in [0.4, 0.5) is 4.79 Å². The summed E-state index contributed by atoms with van der Waals surface area (Å²) >= 11 is 12.5. The highest BCUT2D eigenvalue weighted by Crippen LogP contribution is 2.32. The summed E-state index contributed by atoms with van der Waals surface area (Å²) in [4.78, 5) is 21.2. The molecular formula is C18H16Cl2N4O3. The maximum Gasteiger partial charge on any atom is 0.407 e. The fraction of sp³-hybridized carbons (Fsp3) is 0.278. The number of amides is 1. The Morgan fingerprint density at radius 1 is 1.30 bits per heavy atom. The zero-order valence-electron chi connectivity index (χ0n) is 14.4. The monoisotopic (exact) mass is 406 g/mol. The van der Waals surface area contributed by atoms with Crippen molar-refractivity contribution < 1.29 is 14.6 Å². The zero-order chi connectivity index (χ0) is 19.1. The van der Waals surface area contributed by atoms with Gasteiger partial charge in [0.25, 0.3) is 0 Å². The topological polar surface area (TPSA) is 80.5 Å². The van der Waals surface area contributed by atoms with Crippen LogP contribution in [0.2, 0.25) is 10.3 Å².